The van der Waals surface area contributed by atoms with Crippen molar-refractivity contribution in [1.29, 1.82) is 0 Å². The van der Waals surface area contributed by atoms with Crippen molar-refractivity contribution in [2.45, 2.75) is 0 Å². The highest BCUT2D eigenvalue weighted by molar-refractivity contribution is 5.86. The maximum absolute atomic E-state index is 13.3. The number of aromatic amines is 2. The molecule has 0 saturated heterocycles. The lowest BCUT2D eigenvalue weighted by Crippen LogP contribution is -2.16. The summed E-state index contributed by atoms with van der Waals surface area (Å²) in [7, 11) is 0. The zero-order valence-corrected chi connectivity index (χ0v) is 13.6. The fourth-order valence-electron chi connectivity index (χ4n) is 2.64. The van der Waals surface area contributed by atoms with E-state index < -0.39 is 5.76 Å². The van der Waals surface area contributed by atoms with Crippen molar-refractivity contribution in [3.8, 4) is 17.7 Å². The number of para-hydroxylation sites is 1. The first kappa shape index (κ1) is 15.8. The molecule has 2 heterocycles. The van der Waals surface area contributed by atoms with E-state index in [0.717, 1.165) is 10.9 Å². The van der Waals surface area contributed by atoms with Gasteiger partial charge in [-0.25, -0.2) is 9.18 Å². The van der Waals surface area contributed by atoms with E-state index in [-0.39, 0.29) is 5.82 Å². The van der Waals surface area contributed by atoms with Crippen LogP contribution in [0.25, 0.3) is 22.0 Å². The van der Waals surface area contributed by atoms with E-state index in [9.17, 15) is 9.18 Å². The lowest BCUT2D eigenvalue weighted by molar-refractivity contribution is 0.319. The van der Waals surface area contributed by atoms with Gasteiger partial charge in [0, 0.05) is 23.1 Å². The minimum atomic E-state index is -0.518. The molecule has 7 heteroatoms. The van der Waals surface area contributed by atoms with Crippen LogP contribution in [0.15, 0.2) is 51.8 Å². The Hall–Kier alpha value is -3.66. The molecule has 26 heavy (non-hydrogen) atoms. The maximum Gasteiger partial charge on any atom is 0.417 e. The Bertz CT molecular complexity index is 1190. The average molecular weight is 351 g/mol. The zero-order valence-electron chi connectivity index (χ0n) is 13.6. The average Bonchev–Trinajstić information content (AvgIpc) is 3.20. The first-order valence-electron chi connectivity index (χ1n) is 7.96. The molecule has 6 nitrogen and oxygen atoms in total. The van der Waals surface area contributed by atoms with Crippen LogP contribution in [0.5, 0.6) is 5.75 Å². The Labute approximate surface area is 147 Å². The van der Waals surface area contributed by atoms with Gasteiger partial charge in [-0.15, -0.1) is 0 Å². The molecule has 0 unspecified atom stereocenters. The van der Waals surface area contributed by atoms with Crippen molar-refractivity contribution in [3.05, 3.63) is 64.5 Å². The van der Waals surface area contributed by atoms with E-state index in [1.54, 1.807) is 30.5 Å². The van der Waals surface area contributed by atoms with E-state index in [1.165, 1.54) is 12.1 Å². The molecule has 4 aromatic rings. The third-order valence-electron chi connectivity index (χ3n) is 3.82. The molecule has 0 radical (unpaired) electrons. The Balaban J connectivity index is 1.36. The van der Waals surface area contributed by atoms with Crippen LogP contribution >= 0.6 is 0 Å². The highest BCUT2D eigenvalue weighted by Gasteiger charge is 2.07. The van der Waals surface area contributed by atoms with Crippen LogP contribution in [0.3, 0.4) is 0 Å². The van der Waals surface area contributed by atoms with E-state index >= 15 is 0 Å². The molecule has 0 amide bonds. The van der Waals surface area contributed by atoms with Crippen LogP contribution in [0.4, 0.5) is 4.39 Å². The monoisotopic (exact) mass is 351 g/mol. The van der Waals surface area contributed by atoms with Crippen LogP contribution < -0.4 is 15.8 Å². The second-order valence-electron chi connectivity index (χ2n) is 5.56. The maximum atomic E-state index is 13.3. The predicted octanol–water partition coefficient (Wildman–Crippen LogP) is 2.72. The smallest absolute Gasteiger partial charge is 0.417 e. The summed E-state index contributed by atoms with van der Waals surface area (Å²) in [6, 6.07) is 12.6. The zero-order chi connectivity index (χ0) is 17.9. The van der Waals surface area contributed by atoms with Crippen molar-refractivity contribution in [3.63, 3.8) is 0 Å². The van der Waals surface area contributed by atoms with Crippen molar-refractivity contribution < 1.29 is 13.5 Å². The van der Waals surface area contributed by atoms with Crippen LogP contribution in [-0.4, -0.2) is 23.1 Å². The number of oxazole rings is 1. The predicted molar refractivity (Wildman–Crippen MR) is 95.5 cm³/mol. The second kappa shape index (κ2) is 6.69. The molecule has 0 aliphatic carbocycles. The van der Waals surface area contributed by atoms with Gasteiger partial charge in [0.15, 0.2) is 11.3 Å². The third-order valence-corrected chi connectivity index (χ3v) is 3.82. The first-order chi connectivity index (χ1) is 12.7. The van der Waals surface area contributed by atoms with Gasteiger partial charge < -0.3 is 19.5 Å². The van der Waals surface area contributed by atoms with E-state index in [0.29, 0.717) is 35.6 Å². The standard InChI is InChI=1S/C19H14FN3O3/c20-13-4-5-15-14(10-13)12(11-22-15)6-7-21-8-9-25-17-3-1-2-16-18(17)26-19(24)23-16/h1-5,10-11,21-22H,8-9H2,(H,23,24). The molecule has 3 N–H and O–H groups in total. The summed E-state index contributed by atoms with van der Waals surface area (Å²) < 4.78 is 24.0. The van der Waals surface area contributed by atoms with Crippen molar-refractivity contribution >= 4 is 22.0 Å². The minimum Gasteiger partial charge on any atom is -0.488 e. The number of aromatic nitrogens is 2. The van der Waals surface area contributed by atoms with Crippen LogP contribution in [-0.2, 0) is 0 Å². The van der Waals surface area contributed by atoms with Gasteiger partial charge in [0.05, 0.1) is 17.6 Å². The highest BCUT2D eigenvalue weighted by Crippen LogP contribution is 2.22. The van der Waals surface area contributed by atoms with Gasteiger partial charge in [0.25, 0.3) is 0 Å². The number of halogens is 1. The van der Waals surface area contributed by atoms with Gasteiger partial charge in [-0.05, 0) is 36.3 Å². The summed E-state index contributed by atoms with van der Waals surface area (Å²) in [5, 5.41) is 3.67. The summed E-state index contributed by atoms with van der Waals surface area (Å²) >= 11 is 0. The fraction of sp³-hybridized carbons (Fsp3) is 0.105. The Morgan fingerprint density at radius 1 is 1.23 bits per heavy atom. The topological polar surface area (TPSA) is 83.0 Å². The van der Waals surface area contributed by atoms with Crippen molar-refractivity contribution in [2.24, 2.45) is 0 Å². The molecular formula is C19H14FN3O3. The molecule has 0 spiro atoms. The number of H-pyrrole nitrogens is 2. The number of rotatable bonds is 4. The normalized spacial score (nSPS) is 10.7. The fourth-order valence-corrected chi connectivity index (χ4v) is 2.64. The van der Waals surface area contributed by atoms with Gasteiger partial charge in [-0.2, -0.15) is 0 Å². The van der Waals surface area contributed by atoms with Crippen LogP contribution in [0.2, 0.25) is 0 Å². The minimum absolute atomic E-state index is 0.299. The quantitative estimate of drug-likeness (QED) is 0.300. The molecule has 0 bridgehead atoms. The SMILES string of the molecule is O=c1[nH]c2cccc(OCCNC#Cc3c[nH]c4ccc(F)cc34)c2o1. The summed E-state index contributed by atoms with van der Waals surface area (Å²) in [5.41, 5.74) is 2.53. The molecule has 0 aliphatic heterocycles. The summed E-state index contributed by atoms with van der Waals surface area (Å²) in [4.78, 5) is 16.9. The molecule has 0 fully saturated rings. The second-order valence-corrected chi connectivity index (χ2v) is 5.56. The largest absolute Gasteiger partial charge is 0.488 e. The Morgan fingerprint density at radius 2 is 2.15 bits per heavy atom. The first-order valence-corrected chi connectivity index (χ1v) is 7.96. The van der Waals surface area contributed by atoms with Crippen molar-refractivity contribution in [2.75, 3.05) is 13.2 Å². The highest BCUT2D eigenvalue weighted by atomic mass is 19.1. The van der Waals surface area contributed by atoms with Crippen LogP contribution in [0, 0.1) is 17.8 Å². The molecule has 2 aromatic carbocycles. The number of benzene rings is 2. The van der Waals surface area contributed by atoms with Gasteiger partial charge >= 0.3 is 5.76 Å². The summed E-state index contributed by atoms with van der Waals surface area (Å²) in [6.45, 7) is 0.806. The van der Waals surface area contributed by atoms with E-state index in [1.807, 2.05) is 0 Å². The van der Waals surface area contributed by atoms with Gasteiger partial charge in [0.2, 0.25) is 0 Å². The number of ether oxygens (including phenoxy) is 1. The van der Waals surface area contributed by atoms with Gasteiger partial charge in [-0.1, -0.05) is 6.07 Å². The summed E-state index contributed by atoms with van der Waals surface area (Å²) in [5.74, 6) is 2.62. The van der Waals surface area contributed by atoms with Crippen LogP contribution in [0.1, 0.15) is 5.56 Å². The molecule has 0 aliphatic rings. The molecule has 4 rings (SSSR count). The van der Waals surface area contributed by atoms with E-state index in [4.69, 9.17) is 9.15 Å². The molecule has 130 valence electrons. The third kappa shape index (κ3) is 3.13. The Kier molecular flexibility index (Phi) is 4.07. The van der Waals surface area contributed by atoms with Gasteiger partial charge in [0.1, 0.15) is 12.4 Å². The lowest BCUT2D eigenvalue weighted by atomic mass is 10.2. The van der Waals surface area contributed by atoms with Gasteiger partial charge in [-0.3, -0.25) is 4.98 Å². The molecule has 2 aromatic heterocycles. The molecular weight excluding hydrogens is 337 g/mol. The number of hydrogen-bond donors (Lipinski definition) is 3. The summed E-state index contributed by atoms with van der Waals surface area (Å²) in [6.07, 6.45) is 1.74. The molecule has 0 atom stereocenters. The van der Waals surface area contributed by atoms with Crippen molar-refractivity contribution in [1.82, 2.24) is 15.3 Å². The number of nitrogens with one attached hydrogen (secondary N) is 3. The number of hydrogen-bond acceptors (Lipinski definition) is 4. The Morgan fingerprint density at radius 3 is 3.08 bits per heavy atom. The van der Waals surface area contributed by atoms with E-state index in [2.05, 4.69) is 27.2 Å². The lowest BCUT2D eigenvalue weighted by Gasteiger charge is -2.05. The molecule has 0 saturated carbocycles. The number of fused-ring (bicyclic) bond motifs is 2.